The van der Waals surface area contributed by atoms with Gasteiger partial charge >= 0.3 is 5.97 Å². The van der Waals surface area contributed by atoms with Gasteiger partial charge in [-0.25, -0.2) is 13.4 Å². The average molecular weight is 342 g/mol. The first-order valence-corrected chi connectivity index (χ1v) is 9.26. The SMILES string of the molecule is CCCCC(NS(=O)(=O)c1ccc2nc(C)sc2c1)C(=O)O. The van der Waals surface area contributed by atoms with Gasteiger partial charge in [0.2, 0.25) is 10.0 Å². The number of fused-ring (bicyclic) bond motifs is 1. The van der Waals surface area contributed by atoms with Crippen LogP contribution in [0.4, 0.5) is 0 Å². The lowest BCUT2D eigenvalue weighted by Crippen LogP contribution is -2.40. The minimum absolute atomic E-state index is 0.0615. The second kappa shape index (κ2) is 6.72. The minimum Gasteiger partial charge on any atom is -0.480 e. The van der Waals surface area contributed by atoms with Gasteiger partial charge in [-0.15, -0.1) is 11.3 Å². The molecule has 0 aliphatic rings. The van der Waals surface area contributed by atoms with Gasteiger partial charge in [0.1, 0.15) is 6.04 Å². The van der Waals surface area contributed by atoms with Crippen LogP contribution < -0.4 is 4.72 Å². The summed E-state index contributed by atoms with van der Waals surface area (Å²) in [4.78, 5) is 15.5. The molecule has 2 N–H and O–H groups in total. The van der Waals surface area contributed by atoms with Crippen molar-refractivity contribution in [3.63, 3.8) is 0 Å². The Kier molecular flexibility index (Phi) is 5.15. The number of nitrogens with one attached hydrogen (secondary N) is 1. The van der Waals surface area contributed by atoms with Crippen LogP contribution in [-0.4, -0.2) is 30.5 Å². The first-order valence-electron chi connectivity index (χ1n) is 6.96. The summed E-state index contributed by atoms with van der Waals surface area (Å²) in [5.41, 5.74) is 0.738. The topological polar surface area (TPSA) is 96.4 Å². The molecule has 0 fully saturated rings. The number of aliphatic carboxylic acids is 1. The van der Waals surface area contributed by atoms with Crippen LogP contribution in [0.25, 0.3) is 10.2 Å². The van der Waals surface area contributed by atoms with Crippen molar-refractivity contribution in [1.29, 1.82) is 0 Å². The van der Waals surface area contributed by atoms with Crippen LogP contribution in [0.5, 0.6) is 0 Å². The fourth-order valence-corrected chi connectivity index (χ4v) is 4.27. The lowest BCUT2D eigenvalue weighted by atomic mass is 10.1. The second-order valence-electron chi connectivity index (χ2n) is 5.02. The van der Waals surface area contributed by atoms with E-state index in [1.165, 1.54) is 23.5 Å². The predicted octanol–water partition coefficient (Wildman–Crippen LogP) is 2.53. The van der Waals surface area contributed by atoms with E-state index in [1.54, 1.807) is 6.07 Å². The number of unbranched alkanes of at least 4 members (excludes halogenated alkanes) is 1. The van der Waals surface area contributed by atoms with E-state index in [2.05, 4.69) is 9.71 Å². The number of hydrogen-bond donors (Lipinski definition) is 2. The zero-order valence-corrected chi connectivity index (χ0v) is 14.0. The fraction of sp³-hybridized carbons (Fsp3) is 0.429. The molecule has 2 aromatic rings. The van der Waals surface area contributed by atoms with E-state index in [0.717, 1.165) is 21.6 Å². The van der Waals surface area contributed by atoms with E-state index in [-0.39, 0.29) is 11.3 Å². The van der Waals surface area contributed by atoms with Gasteiger partial charge < -0.3 is 5.11 Å². The molecule has 1 unspecified atom stereocenters. The highest BCUT2D eigenvalue weighted by molar-refractivity contribution is 7.89. The van der Waals surface area contributed by atoms with Crippen molar-refractivity contribution in [3.8, 4) is 0 Å². The lowest BCUT2D eigenvalue weighted by Gasteiger charge is -2.14. The van der Waals surface area contributed by atoms with Crippen LogP contribution in [0.1, 0.15) is 31.2 Å². The van der Waals surface area contributed by atoms with Gasteiger partial charge in [0, 0.05) is 0 Å². The molecule has 2 rings (SSSR count). The molecule has 0 bridgehead atoms. The number of benzene rings is 1. The van der Waals surface area contributed by atoms with E-state index in [4.69, 9.17) is 5.11 Å². The maximum Gasteiger partial charge on any atom is 0.321 e. The third-order valence-corrected chi connectivity index (χ3v) is 5.62. The van der Waals surface area contributed by atoms with Crippen molar-refractivity contribution < 1.29 is 18.3 Å². The predicted molar refractivity (Wildman–Crippen MR) is 85.6 cm³/mol. The third-order valence-electron chi connectivity index (χ3n) is 3.22. The van der Waals surface area contributed by atoms with Crippen molar-refractivity contribution >= 4 is 37.5 Å². The Morgan fingerprint density at radius 2 is 2.18 bits per heavy atom. The molecule has 0 aliphatic heterocycles. The summed E-state index contributed by atoms with van der Waals surface area (Å²) in [6.45, 7) is 3.77. The number of carboxylic acid groups (broad SMARTS) is 1. The summed E-state index contributed by atoms with van der Waals surface area (Å²) in [7, 11) is -3.87. The number of rotatable bonds is 7. The Morgan fingerprint density at radius 3 is 2.82 bits per heavy atom. The Bertz CT molecular complexity index is 783. The molecule has 120 valence electrons. The van der Waals surface area contributed by atoms with E-state index >= 15 is 0 Å². The van der Waals surface area contributed by atoms with E-state index in [9.17, 15) is 13.2 Å². The maximum atomic E-state index is 12.4. The number of hydrogen-bond acceptors (Lipinski definition) is 5. The van der Waals surface area contributed by atoms with Crippen LogP contribution in [0, 0.1) is 6.92 Å². The maximum absolute atomic E-state index is 12.4. The molecule has 6 nitrogen and oxygen atoms in total. The molecular weight excluding hydrogens is 324 g/mol. The van der Waals surface area contributed by atoms with Crippen LogP contribution >= 0.6 is 11.3 Å². The molecule has 22 heavy (non-hydrogen) atoms. The zero-order chi connectivity index (χ0) is 16.3. The molecule has 0 saturated heterocycles. The number of aromatic nitrogens is 1. The molecular formula is C14H18N2O4S2. The van der Waals surface area contributed by atoms with Crippen LogP contribution in [0.3, 0.4) is 0 Å². The van der Waals surface area contributed by atoms with E-state index in [0.29, 0.717) is 6.42 Å². The summed E-state index contributed by atoms with van der Waals surface area (Å²) in [5.74, 6) is -1.16. The third kappa shape index (κ3) is 3.82. The number of carboxylic acids is 1. The monoisotopic (exact) mass is 342 g/mol. The molecule has 0 spiro atoms. The molecule has 1 aromatic carbocycles. The Morgan fingerprint density at radius 1 is 1.45 bits per heavy atom. The standard InChI is InChI=1S/C14H18N2O4S2/c1-3-4-5-12(14(17)18)16-22(19,20)10-6-7-11-13(8-10)21-9(2)15-11/h6-8,12,16H,3-5H2,1-2H3,(H,17,18). The van der Waals surface area contributed by atoms with Gasteiger partial charge in [-0.2, -0.15) is 4.72 Å². The quantitative estimate of drug-likeness (QED) is 0.806. The summed E-state index contributed by atoms with van der Waals surface area (Å²) in [5, 5.41) is 10.0. The van der Waals surface area contributed by atoms with Gasteiger partial charge in [-0.3, -0.25) is 4.79 Å². The molecule has 1 aromatic heterocycles. The molecule has 1 heterocycles. The first kappa shape index (κ1) is 16.9. The van der Waals surface area contributed by atoms with Crippen molar-refractivity contribution in [1.82, 2.24) is 9.71 Å². The number of sulfonamides is 1. The first-order chi connectivity index (χ1) is 10.3. The Labute approximate surface area is 133 Å². The summed E-state index contributed by atoms with van der Waals surface area (Å²) >= 11 is 1.40. The van der Waals surface area contributed by atoms with Gasteiger partial charge in [0.05, 0.1) is 20.1 Å². The zero-order valence-electron chi connectivity index (χ0n) is 12.4. The van der Waals surface area contributed by atoms with Crippen molar-refractivity contribution in [3.05, 3.63) is 23.2 Å². The largest absolute Gasteiger partial charge is 0.480 e. The molecule has 0 amide bonds. The van der Waals surface area contributed by atoms with Crippen LogP contribution in [-0.2, 0) is 14.8 Å². The van der Waals surface area contributed by atoms with Crippen molar-refractivity contribution in [2.75, 3.05) is 0 Å². The normalized spacial score (nSPS) is 13.4. The van der Waals surface area contributed by atoms with Gasteiger partial charge in [-0.05, 0) is 31.5 Å². The Hall–Kier alpha value is -1.51. The van der Waals surface area contributed by atoms with Crippen molar-refractivity contribution in [2.45, 2.75) is 44.0 Å². The smallest absolute Gasteiger partial charge is 0.321 e. The van der Waals surface area contributed by atoms with Crippen molar-refractivity contribution in [2.24, 2.45) is 0 Å². The van der Waals surface area contributed by atoms with E-state index in [1.807, 2.05) is 13.8 Å². The highest BCUT2D eigenvalue weighted by atomic mass is 32.2. The van der Waals surface area contributed by atoms with Crippen LogP contribution in [0.15, 0.2) is 23.1 Å². The van der Waals surface area contributed by atoms with E-state index < -0.39 is 22.0 Å². The summed E-state index contributed by atoms with van der Waals surface area (Å²) < 4.78 is 27.8. The van der Waals surface area contributed by atoms with Gasteiger partial charge in [0.15, 0.2) is 0 Å². The van der Waals surface area contributed by atoms with Gasteiger partial charge in [0.25, 0.3) is 0 Å². The molecule has 0 aliphatic carbocycles. The number of nitrogens with zero attached hydrogens (tertiary/aromatic N) is 1. The molecule has 0 radical (unpaired) electrons. The fourth-order valence-electron chi connectivity index (χ4n) is 2.08. The van der Waals surface area contributed by atoms with Gasteiger partial charge in [-0.1, -0.05) is 19.8 Å². The highest BCUT2D eigenvalue weighted by Crippen LogP contribution is 2.24. The highest BCUT2D eigenvalue weighted by Gasteiger charge is 2.25. The number of thiazole rings is 1. The average Bonchev–Trinajstić information content (AvgIpc) is 2.82. The minimum atomic E-state index is -3.87. The number of aryl methyl sites for hydroxylation is 1. The Balaban J connectivity index is 2.28. The molecule has 1 atom stereocenters. The second-order valence-corrected chi connectivity index (χ2v) is 7.97. The molecule has 8 heteroatoms. The lowest BCUT2D eigenvalue weighted by molar-refractivity contribution is -0.139. The molecule has 0 saturated carbocycles. The van der Waals surface area contributed by atoms with Crippen LogP contribution in [0.2, 0.25) is 0 Å². The summed E-state index contributed by atoms with van der Waals surface area (Å²) in [6.07, 6.45) is 1.72. The number of carbonyl (C=O) groups is 1. The summed E-state index contributed by atoms with van der Waals surface area (Å²) in [6, 6.07) is 3.50.